The van der Waals surface area contributed by atoms with Gasteiger partial charge in [0.25, 0.3) is 5.91 Å². The average molecular weight is 476 g/mol. The predicted molar refractivity (Wildman–Crippen MR) is 115 cm³/mol. The van der Waals surface area contributed by atoms with Crippen molar-refractivity contribution in [2.75, 3.05) is 11.9 Å². The first-order valence-electron chi connectivity index (χ1n) is 7.90. The number of nitrogens with one attached hydrogen (secondary N) is 2. The minimum absolute atomic E-state index is 0.124. The number of hydrogen-bond donors (Lipinski definition) is 2. The minimum Gasteiger partial charge on any atom is -0.492 e. The lowest BCUT2D eigenvalue weighted by Crippen LogP contribution is -2.34. The Morgan fingerprint density at radius 3 is 2.69 bits per heavy atom. The van der Waals surface area contributed by atoms with E-state index in [4.69, 9.17) is 40.2 Å². The van der Waals surface area contributed by atoms with Crippen LogP contribution >= 0.6 is 51.3 Å². The number of carbonyl (C=O) groups excluding carboxylic acids is 1. The first-order chi connectivity index (χ1) is 12.4. The molecule has 0 aromatic heterocycles. The molecule has 0 fully saturated rings. The average Bonchev–Trinajstić information content (AvgIpc) is 2.59. The van der Waals surface area contributed by atoms with E-state index < -0.39 is 0 Å². The van der Waals surface area contributed by atoms with Gasteiger partial charge in [0.05, 0.1) is 21.8 Å². The summed E-state index contributed by atoms with van der Waals surface area (Å²) in [6.07, 6.45) is 2.03. The van der Waals surface area contributed by atoms with Crippen LogP contribution in [0, 0.1) is 0 Å². The number of anilines is 1. The first kappa shape index (κ1) is 21.0. The van der Waals surface area contributed by atoms with Crippen LogP contribution in [-0.4, -0.2) is 17.6 Å². The quantitative estimate of drug-likeness (QED) is 0.393. The molecule has 2 aromatic rings. The van der Waals surface area contributed by atoms with E-state index in [1.165, 1.54) is 0 Å². The molecule has 0 spiro atoms. The molecule has 26 heavy (non-hydrogen) atoms. The second-order valence-corrected chi connectivity index (χ2v) is 7.49. The number of benzene rings is 2. The van der Waals surface area contributed by atoms with Gasteiger partial charge in [0.15, 0.2) is 5.11 Å². The van der Waals surface area contributed by atoms with Crippen LogP contribution in [0.15, 0.2) is 40.9 Å². The van der Waals surface area contributed by atoms with Crippen LogP contribution in [0.5, 0.6) is 5.75 Å². The Balaban J connectivity index is 1.99. The van der Waals surface area contributed by atoms with E-state index in [0.717, 1.165) is 12.8 Å². The maximum Gasteiger partial charge on any atom is 0.257 e. The van der Waals surface area contributed by atoms with Crippen LogP contribution in [0.1, 0.15) is 30.1 Å². The van der Waals surface area contributed by atoms with Gasteiger partial charge in [-0.2, -0.15) is 0 Å². The van der Waals surface area contributed by atoms with Gasteiger partial charge in [-0.15, -0.1) is 0 Å². The summed E-state index contributed by atoms with van der Waals surface area (Å²) in [7, 11) is 0. The van der Waals surface area contributed by atoms with Gasteiger partial charge in [0.2, 0.25) is 0 Å². The largest absolute Gasteiger partial charge is 0.492 e. The molecule has 138 valence electrons. The Morgan fingerprint density at radius 1 is 1.23 bits per heavy atom. The molecule has 8 heteroatoms. The predicted octanol–water partition coefficient (Wildman–Crippen LogP) is 6.06. The molecule has 0 radical (unpaired) electrons. The second-order valence-electron chi connectivity index (χ2n) is 5.38. The van der Waals surface area contributed by atoms with E-state index >= 15 is 0 Å². The van der Waals surface area contributed by atoms with Crippen LogP contribution in [0.3, 0.4) is 0 Å². The zero-order valence-corrected chi connectivity index (χ0v) is 17.9. The van der Waals surface area contributed by atoms with Crippen molar-refractivity contribution in [1.29, 1.82) is 0 Å². The summed E-state index contributed by atoms with van der Waals surface area (Å²) in [4.78, 5) is 12.4. The lowest BCUT2D eigenvalue weighted by molar-refractivity contribution is 0.0977. The molecule has 0 heterocycles. The minimum atomic E-state index is -0.346. The lowest BCUT2D eigenvalue weighted by Gasteiger charge is -2.12. The molecular weight excluding hydrogens is 459 g/mol. The molecule has 0 aliphatic carbocycles. The third kappa shape index (κ3) is 6.13. The number of thiocarbonyl (C=S) groups is 1. The van der Waals surface area contributed by atoms with Crippen LogP contribution in [0.25, 0.3) is 0 Å². The molecule has 4 nitrogen and oxygen atoms in total. The molecule has 0 bridgehead atoms. The molecule has 2 aromatic carbocycles. The summed E-state index contributed by atoms with van der Waals surface area (Å²) >= 11 is 20.6. The van der Waals surface area contributed by atoms with Crippen molar-refractivity contribution in [3.8, 4) is 5.75 Å². The topological polar surface area (TPSA) is 50.4 Å². The standard InChI is InChI=1S/C18H17BrCl2N2O2S/c1-2-3-8-25-16-7-4-11(9-13(16)19)17(24)23-18(26)22-15-10-12(20)5-6-14(15)21/h4-7,9-10H,2-3,8H2,1H3,(H2,22,23,24,26). The highest BCUT2D eigenvalue weighted by atomic mass is 79.9. The number of carbonyl (C=O) groups is 1. The van der Waals surface area contributed by atoms with E-state index in [-0.39, 0.29) is 11.0 Å². The third-order valence-electron chi connectivity index (χ3n) is 3.35. The maximum atomic E-state index is 12.4. The highest BCUT2D eigenvalue weighted by Crippen LogP contribution is 2.27. The summed E-state index contributed by atoms with van der Waals surface area (Å²) in [5.41, 5.74) is 0.964. The van der Waals surface area contributed by atoms with Crippen molar-refractivity contribution in [2.45, 2.75) is 19.8 Å². The smallest absolute Gasteiger partial charge is 0.257 e. The number of amides is 1. The van der Waals surface area contributed by atoms with Crippen molar-refractivity contribution in [3.05, 3.63) is 56.5 Å². The number of ether oxygens (including phenoxy) is 1. The highest BCUT2D eigenvalue weighted by Gasteiger charge is 2.12. The van der Waals surface area contributed by atoms with Gasteiger partial charge >= 0.3 is 0 Å². The first-order valence-corrected chi connectivity index (χ1v) is 9.86. The monoisotopic (exact) mass is 474 g/mol. The van der Waals surface area contributed by atoms with Gasteiger partial charge in [0, 0.05) is 10.6 Å². The molecule has 2 rings (SSSR count). The SMILES string of the molecule is CCCCOc1ccc(C(=O)NC(=S)Nc2cc(Cl)ccc2Cl)cc1Br. The van der Waals surface area contributed by atoms with Crippen molar-refractivity contribution >= 4 is 68.1 Å². The van der Waals surface area contributed by atoms with Gasteiger partial charge in [0.1, 0.15) is 5.75 Å². The molecule has 1 amide bonds. The lowest BCUT2D eigenvalue weighted by atomic mass is 10.2. The Morgan fingerprint density at radius 2 is 2.00 bits per heavy atom. The van der Waals surface area contributed by atoms with Crippen molar-refractivity contribution in [1.82, 2.24) is 5.32 Å². The van der Waals surface area contributed by atoms with Crippen molar-refractivity contribution < 1.29 is 9.53 Å². The van der Waals surface area contributed by atoms with Gasteiger partial charge in [-0.3, -0.25) is 10.1 Å². The van der Waals surface area contributed by atoms with Crippen molar-refractivity contribution in [3.63, 3.8) is 0 Å². The molecule has 0 unspecified atom stereocenters. The van der Waals surface area contributed by atoms with Crippen LogP contribution in [0.4, 0.5) is 5.69 Å². The molecule has 0 aliphatic rings. The summed E-state index contributed by atoms with van der Waals surface area (Å²) in [6.45, 7) is 2.73. The van der Waals surface area contributed by atoms with E-state index in [2.05, 4.69) is 33.5 Å². The second kappa shape index (κ2) is 10.1. The Kier molecular flexibility index (Phi) is 8.15. The highest BCUT2D eigenvalue weighted by molar-refractivity contribution is 9.10. The van der Waals surface area contributed by atoms with E-state index in [9.17, 15) is 4.79 Å². The molecule has 0 saturated carbocycles. The Labute approximate surface area is 176 Å². The summed E-state index contributed by atoms with van der Waals surface area (Å²) in [6, 6.07) is 10.0. The Hall–Kier alpha value is -1.34. The normalized spacial score (nSPS) is 10.3. The summed E-state index contributed by atoms with van der Waals surface area (Å²) < 4.78 is 6.36. The van der Waals surface area contributed by atoms with E-state index in [1.54, 1.807) is 36.4 Å². The number of halogens is 3. The number of rotatable bonds is 6. The van der Waals surface area contributed by atoms with E-state index in [0.29, 0.717) is 38.1 Å². The molecule has 2 N–H and O–H groups in total. The fraction of sp³-hybridized carbons (Fsp3) is 0.222. The zero-order chi connectivity index (χ0) is 19.1. The third-order valence-corrected chi connectivity index (χ3v) is 4.74. The molecular formula is C18H17BrCl2N2O2S. The van der Waals surface area contributed by atoms with Gasteiger partial charge in [-0.25, -0.2) is 0 Å². The van der Waals surface area contributed by atoms with Crippen molar-refractivity contribution in [2.24, 2.45) is 0 Å². The fourth-order valence-electron chi connectivity index (χ4n) is 2.01. The number of unbranched alkanes of at least 4 members (excludes halogenated alkanes) is 1. The van der Waals surface area contributed by atoms with E-state index in [1.807, 2.05) is 0 Å². The molecule has 0 saturated heterocycles. The summed E-state index contributed by atoms with van der Waals surface area (Å²) in [5, 5.41) is 6.55. The number of hydrogen-bond acceptors (Lipinski definition) is 3. The zero-order valence-electron chi connectivity index (χ0n) is 13.9. The van der Waals surface area contributed by atoms with Gasteiger partial charge < -0.3 is 10.1 Å². The summed E-state index contributed by atoms with van der Waals surface area (Å²) in [5.74, 6) is 0.350. The fourth-order valence-corrected chi connectivity index (χ4v) is 3.04. The Bertz CT molecular complexity index is 818. The van der Waals surface area contributed by atoms with Gasteiger partial charge in [-0.05, 0) is 71.0 Å². The van der Waals surface area contributed by atoms with Crippen LogP contribution in [-0.2, 0) is 0 Å². The molecule has 0 aliphatic heterocycles. The van der Waals surface area contributed by atoms with Crippen LogP contribution in [0.2, 0.25) is 10.0 Å². The van der Waals surface area contributed by atoms with Crippen LogP contribution < -0.4 is 15.4 Å². The molecule has 0 atom stereocenters. The van der Waals surface area contributed by atoms with Gasteiger partial charge in [-0.1, -0.05) is 36.5 Å². The maximum absolute atomic E-state index is 12.4.